The van der Waals surface area contributed by atoms with Crippen LogP contribution < -0.4 is 19.9 Å². The number of fused-ring (bicyclic) bond motifs is 2. The van der Waals surface area contributed by atoms with Crippen LogP contribution in [0.15, 0.2) is 76.7 Å². The average Bonchev–Trinajstić information content (AvgIpc) is 3.59. The van der Waals surface area contributed by atoms with Gasteiger partial charge in [0.15, 0.2) is 16.7 Å². The minimum atomic E-state index is -0.417. The molecule has 0 saturated carbocycles. The highest BCUT2D eigenvalue weighted by Gasteiger charge is 2.28. The van der Waals surface area contributed by atoms with Gasteiger partial charge in [-0.2, -0.15) is 0 Å². The van der Waals surface area contributed by atoms with E-state index in [0.717, 1.165) is 18.7 Å². The zero-order valence-corrected chi connectivity index (χ0v) is 27.1. The SMILES string of the molecule is CC[C@H](Sc1nc2cc3c(cc2c(=O)n1Cc1ccc(C(=O)N2CCN(c4ccccc4)CC2)cc1)OCO3)C(=O)N1CCOCC1. The van der Waals surface area contributed by atoms with Crippen LogP contribution >= 0.6 is 11.8 Å². The van der Waals surface area contributed by atoms with Crippen molar-refractivity contribution in [2.24, 2.45) is 0 Å². The Morgan fingerprint density at radius 3 is 2.28 bits per heavy atom. The molecular weight excluding hydrogens is 618 g/mol. The highest BCUT2D eigenvalue weighted by Crippen LogP contribution is 2.36. The predicted octanol–water partition coefficient (Wildman–Crippen LogP) is 3.87. The first-order chi connectivity index (χ1) is 23.0. The Hall–Kier alpha value is -4.55. The Labute approximate surface area is 277 Å². The maximum atomic E-state index is 14.0. The molecule has 0 bridgehead atoms. The molecule has 1 aromatic heterocycles. The lowest BCUT2D eigenvalue weighted by Gasteiger charge is -2.36. The summed E-state index contributed by atoms with van der Waals surface area (Å²) in [7, 11) is 0. The average molecular weight is 656 g/mol. The summed E-state index contributed by atoms with van der Waals surface area (Å²) in [5, 5.41) is 0.443. The fourth-order valence-corrected chi connectivity index (χ4v) is 7.26. The molecule has 2 saturated heterocycles. The molecule has 1 atom stereocenters. The van der Waals surface area contributed by atoms with Crippen LogP contribution in [0.1, 0.15) is 29.3 Å². The van der Waals surface area contributed by atoms with Gasteiger partial charge in [-0.1, -0.05) is 49.0 Å². The quantitative estimate of drug-likeness (QED) is 0.207. The molecule has 244 valence electrons. The van der Waals surface area contributed by atoms with Crippen LogP contribution in [0.4, 0.5) is 5.69 Å². The Bertz CT molecular complexity index is 1820. The van der Waals surface area contributed by atoms with Gasteiger partial charge in [-0.3, -0.25) is 19.0 Å². The van der Waals surface area contributed by atoms with Crippen LogP contribution in [0, 0.1) is 0 Å². The first-order valence-corrected chi connectivity index (χ1v) is 16.9. The van der Waals surface area contributed by atoms with E-state index in [1.165, 1.54) is 17.4 Å². The summed E-state index contributed by atoms with van der Waals surface area (Å²) >= 11 is 1.31. The summed E-state index contributed by atoms with van der Waals surface area (Å²) in [6, 6.07) is 21.1. The number of ether oxygens (including phenoxy) is 3. The van der Waals surface area contributed by atoms with Gasteiger partial charge < -0.3 is 28.9 Å². The largest absolute Gasteiger partial charge is 0.454 e. The minimum Gasteiger partial charge on any atom is -0.454 e. The molecule has 3 aliphatic heterocycles. The van der Waals surface area contributed by atoms with Crippen molar-refractivity contribution in [1.29, 1.82) is 0 Å². The fourth-order valence-electron chi connectivity index (χ4n) is 6.17. The standard InChI is InChI=1S/C35H37N5O6S/c1-2-31(34(43)39-16-18-44-19-17-39)47-35-36-28-21-30-29(45-23-46-30)20-27(28)33(42)40(35)22-24-8-10-25(11-9-24)32(41)38-14-12-37(13-15-38)26-6-4-3-5-7-26/h3-11,20-21,31H,2,12-19,22-23H2,1H3/t31-/m0/s1. The van der Waals surface area contributed by atoms with E-state index in [1.807, 2.05) is 59.2 Å². The molecule has 3 aromatic carbocycles. The maximum absolute atomic E-state index is 14.0. The van der Waals surface area contributed by atoms with Crippen molar-refractivity contribution in [3.8, 4) is 11.5 Å². The lowest BCUT2D eigenvalue weighted by atomic mass is 10.1. The molecule has 4 aromatic rings. The number of para-hydroxylation sites is 1. The molecule has 3 aliphatic rings. The van der Waals surface area contributed by atoms with Crippen molar-refractivity contribution in [2.45, 2.75) is 30.3 Å². The van der Waals surface area contributed by atoms with Gasteiger partial charge in [-0.15, -0.1) is 0 Å². The van der Waals surface area contributed by atoms with Crippen molar-refractivity contribution in [1.82, 2.24) is 19.4 Å². The third-order valence-electron chi connectivity index (χ3n) is 8.86. The second-order valence-corrected chi connectivity index (χ2v) is 12.9. The summed E-state index contributed by atoms with van der Waals surface area (Å²) < 4.78 is 18.1. The monoisotopic (exact) mass is 655 g/mol. The number of thioether (sulfide) groups is 1. The Morgan fingerprint density at radius 1 is 0.872 bits per heavy atom. The molecular formula is C35H37N5O6S. The molecule has 4 heterocycles. The lowest BCUT2D eigenvalue weighted by Crippen LogP contribution is -2.48. The molecule has 47 heavy (non-hydrogen) atoms. The third kappa shape index (κ3) is 6.52. The van der Waals surface area contributed by atoms with Crippen LogP contribution in [-0.2, 0) is 16.1 Å². The van der Waals surface area contributed by atoms with Crippen molar-refractivity contribution in [3.05, 3.63) is 88.2 Å². The normalized spacial score (nSPS) is 16.8. The summed E-state index contributed by atoms with van der Waals surface area (Å²) in [6.45, 7) is 7.25. The number of hydrogen-bond donors (Lipinski definition) is 0. The number of morpholine rings is 1. The molecule has 0 unspecified atom stereocenters. The zero-order chi connectivity index (χ0) is 32.3. The van der Waals surface area contributed by atoms with Crippen molar-refractivity contribution in [2.75, 3.05) is 64.2 Å². The molecule has 0 spiro atoms. The molecule has 2 amide bonds. The third-order valence-corrected chi connectivity index (χ3v) is 10.2. The first kappa shape index (κ1) is 31.1. The Balaban J connectivity index is 1.12. The van der Waals surface area contributed by atoms with Crippen LogP contribution in [0.25, 0.3) is 10.9 Å². The van der Waals surface area contributed by atoms with E-state index >= 15 is 0 Å². The Morgan fingerprint density at radius 2 is 1.57 bits per heavy atom. The number of aromatic nitrogens is 2. The van der Waals surface area contributed by atoms with E-state index in [-0.39, 0.29) is 30.7 Å². The second kappa shape index (κ2) is 13.7. The van der Waals surface area contributed by atoms with Crippen molar-refractivity contribution < 1.29 is 23.8 Å². The topological polar surface area (TPSA) is 106 Å². The van der Waals surface area contributed by atoms with Gasteiger partial charge in [0.05, 0.1) is 35.9 Å². The molecule has 2 fully saturated rings. The van der Waals surface area contributed by atoms with E-state index in [2.05, 4.69) is 17.0 Å². The van der Waals surface area contributed by atoms with Crippen molar-refractivity contribution >= 4 is 40.2 Å². The van der Waals surface area contributed by atoms with E-state index in [9.17, 15) is 14.4 Å². The van der Waals surface area contributed by atoms with Gasteiger partial charge in [0.2, 0.25) is 12.7 Å². The van der Waals surface area contributed by atoms with Crippen LogP contribution in [-0.4, -0.2) is 95.7 Å². The number of benzene rings is 3. The summed E-state index contributed by atoms with van der Waals surface area (Å²) in [4.78, 5) is 51.8. The number of amides is 2. The lowest BCUT2D eigenvalue weighted by molar-refractivity contribution is -0.134. The number of carbonyl (C=O) groups is 2. The number of anilines is 1. The number of piperazine rings is 1. The van der Waals surface area contributed by atoms with Gasteiger partial charge >= 0.3 is 0 Å². The molecule has 7 rings (SSSR count). The van der Waals surface area contributed by atoms with Crippen LogP contribution in [0.2, 0.25) is 0 Å². The van der Waals surface area contributed by atoms with Gasteiger partial charge in [0.25, 0.3) is 11.5 Å². The summed E-state index contributed by atoms with van der Waals surface area (Å²) in [5.41, 5.74) is 2.87. The van der Waals surface area contributed by atoms with Crippen LogP contribution in [0.3, 0.4) is 0 Å². The molecule has 0 radical (unpaired) electrons. The summed E-state index contributed by atoms with van der Waals surface area (Å²) in [6.07, 6.45) is 0.576. The predicted molar refractivity (Wildman–Crippen MR) is 180 cm³/mol. The van der Waals surface area contributed by atoms with E-state index in [0.29, 0.717) is 78.9 Å². The number of rotatable bonds is 8. The minimum absolute atomic E-state index is 0.00599. The van der Waals surface area contributed by atoms with Crippen LogP contribution in [0.5, 0.6) is 11.5 Å². The molecule has 11 nitrogen and oxygen atoms in total. The van der Waals surface area contributed by atoms with E-state index in [4.69, 9.17) is 19.2 Å². The number of carbonyl (C=O) groups excluding carboxylic acids is 2. The maximum Gasteiger partial charge on any atom is 0.262 e. The number of hydrogen-bond acceptors (Lipinski definition) is 9. The van der Waals surface area contributed by atoms with Gasteiger partial charge in [0, 0.05) is 56.6 Å². The van der Waals surface area contributed by atoms with Gasteiger partial charge in [-0.25, -0.2) is 4.98 Å². The van der Waals surface area contributed by atoms with E-state index in [1.54, 1.807) is 16.7 Å². The fraction of sp³-hybridized carbons (Fsp3) is 0.371. The highest BCUT2D eigenvalue weighted by atomic mass is 32.2. The summed E-state index contributed by atoms with van der Waals surface area (Å²) in [5.74, 6) is 1.05. The number of nitrogens with zero attached hydrogens (tertiary/aromatic N) is 5. The highest BCUT2D eigenvalue weighted by molar-refractivity contribution is 8.00. The molecule has 0 N–H and O–H groups in total. The van der Waals surface area contributed by atoms with Gasteiger partial charge in [-0.05, 0) is 42.3 Å². The van der Waals surface area contributed by atoms with Crippen molar-refractivity contribution in [3.63, 3.8) is 0 Å². The van der Waals surface area contributed by atoms with Gasteiger partial charge in [0.1, 0.15) is 0 Å². The molecule has 12 heteroatoms. The second-order valence-electron chi connectivity index (χ2n) is 11.8. The molecule has 0 aliphatic carbocycles. The Kier molecular flexibility index (Phi) is 9.03. The first-order valence-electron chi connectivity index (χ1n) is 16.0. The smallest absolute Gasteiger partial charge is 0.262 e. The zero-order valence-electron chi connectivity index (χ0n) is 26.3. The van der Waals surface area contributed by atoms with E-state index < -0.39 is 5.25 Å².